The first-order chi connectivity index (χ1) is 5.70. The number of nitrogens with zero attached hydrogens (tertiary/aromatic N) is 1. The molecule has 72 valence electrons. The van der Waals surface area contributed by atoms with E-state index in [4.69, 9.17) is 28.2 Å². The van der Waals surface area contributed by atoms with Crippen molar-refractivity contribution in [1.29, 1.82) is 0 Å². The normalized spacial score (nSPS) is 10.6. The average Bonchev–Trinajstić information content (AvgIpc) is 2.01. The minimum absolute atomic E-state index is 0.0946. The van der Waals surface area contributed by atoms with Crippen molar-refractivity contribution < 1.29 is 10.2 Å². The number of rotatable bonds is 7. The third kappa shape index (κ3) is 6.48. The molecule has 0 spiro atoms. The summed E-state index contributed by atoms with van der Waals surface area (Å²) >= 11 is 4.71. The molecule has 0 saturated carbocycles. The van der Waals surface area contributed by atoms with E-state index in [2.05, 4.69) is 0 Å². The van der Waals surface area contributed by atoms with E-state index in [9.17, 15) is 0 Å². The van der Waals surface area contributed by atoms with E-state index in [-0.39, 0.29) is 13.2 Å². The zero-order valence-electron chi connectivity index (χ0n) is 7.07. The molecule has 4 nitrogen and oxygen atoms in total. The quantitative estimate of drug-likeness (QED) is 0.449. The van der Waals surface area contributed by atoms with E-state index in [1.807, 2.05) is 4.90 Å². The summed E-state index contributed by atoms with van der Waals surface area (Å²) in [4.78, 5) is 2.38. The molecule has 4 N–H and O–H groups in total. The van der Waals surface area contributed by atoms with Crippen LogP contribution in [0.3, 0.4) is 0 Å². The Morgan fingerprint density at radius 2 is 1.67 bits per heavy atom. The maximum Gasteiger partial charge on any atom is 0.0740 e. The lowest BCUT2D eigenvalue weighted by Gasteiger charge is -2.19. The van der Waals surface area contributed by atoms with Crippen molar-refractivity contribution in [2.24, 2.45) is 5.73 Å². The van der Waals surface area contributed by atoms with Gasteiger partial charge in [-0.1, -0.05) is 12.2 Å². The first kappa shape index (κ1) is 11.8. The monoisotopic (exact) mass is 192 g/mol. The van der Waals surface area contributed by atoms with Crippen molar-refractivity contribution in [1.82, 2.24) is 4.90 Å². The fourth-order valence-corrected chi connectivity index (χ4v) is 0.978. The van der Waals surface area contributed by atoms with Gasteiger partial charge in [-0.3, -0.25) is 4.90 Å². The summed E-state index contributed by atoms with van der Waals surface area (Å²) in [5, 5.41) is 17.3. The molecule has 0 aliphatic carbocycles. The Hall–Kier alpha value is -0.230. The standard InChI is InChI=1S/C7H16N2O2S/c8-7(12)1-2-9(3-5-10)4-6-11/h10-11H,1-6H2,(H2,8,12). The van der Waals surface area contributed by atoms with Crippen LogP contribution >= 0.6 is 12.2 Å². The molecule has 0 bridgehead atoms. The Bertz CT molecular complexity index is 127. The van der Waals surface area contributed by atoms with Gasteiger partial charge in [0.2, 0.25) is 0 Å². The maximum atomic E-state index is 8.64. The van der Waals surface area contributed by atoms with E-state index in [1.165, 1.54) is 0 Å². The predicted octanol–water partition coefficient (Wildman–Crippen LogP) is -1.05. The molecule has 0 heterocycles. The number of hydrogen-bond donors (Lipinski definition) is 3. The van der Waals surface area contributed by atoms with Gasteiger partial charge < -0.3 is 15.9 Å². The maximum absolute atomic E-state index is 8.64. The van der Waals surface area contributed by atoms with Crippen molar-refractivity contribution in [3.05, 3.63) is 0 Å². The fraction of sp³-hybridized carbons (Fsp3) is 0.857. The van der Waals surface area contributed by atoms with Crippen LogP contribution in [0.5, 0.6) is 0 Å². The summed E-state index contributed by atoms with van der Waals surface area (Å²) in [6.45, 7) is 2.01. The molecule has 0 radical (unpaired) electrons. The first-order valence-corrected chi connectivity index (χ1v) is 4.34. The highest BCUT2D eigenvalue weighted by atomic mass is 32.1. The highest BCUT2D eigenvalue weighted by molar-refractivity contribution is 7.80. The molecule has 0 aliphatic heterocycles. The van der Waals surface area contributed by atoms with Crippen molar-refractivity contribution >= 4 is 17.2 Å². The molecule has 0 unspecified atom stereocenters. The van der Waals surface area contributed by atoms with Gasteiger partial charge in [-0.25, -0.2) is 0 Å². The van der Waals surface area contributed by atoms with Crippen LogP contribution in [0, 0.1) is 0 Å². The number of aliphatic hydroxyl groups is 2. The minimum atomic E-state index is 0.0946. The van der Waals surface area contributed by atoms with Crippen LogP contribution < -0.4 is 5.73 Å². The topological polar surface area (TPSA) is 69.7 Å². The van der Waals surface area contributed by atoms with Gasteiger partial charge in [0, 0.05) is 26.1 Å². The molecule has 0 aliphatic rings. The van der Waals surface area contributed by atoms with Crippen LogP contribution in [0.1, 0.15) is 6.42 Å². The van der Waals surface area contributed by atoms with E-state index in [0.29, 0.717) is 31.0 Å². The summed E-state index contributed by atoms with van der Waals surface area (Å²) in [5.41, 5.74) is 5.31. The van der Waals surface area contributed by atoms with Gasteiger partial charge in [-0.15, -0.1) is 0 Å². The zero-order valence-corrected chi connectivity index (χ0v) is 7.89. The molecule has 0 saturated heterocycles. The van der Waals surface area contributed by atoms with Gasteiger partial charge in [0.25, 0.3) is 0 Å². The number of hydrogen-bond acceptors (Lipinski definition) is 4. The fourth-order valence-electron chi connectivity index (χ4n) is 0.887. The van der Waals surface area contributed by atoms with E-state index < -0.39 is 0 Å². The lowest BCUT2D eigenvalue weighted by atomic mass is 10.3. The van der Waals surface area contributed by atoms with Crippen LogP contribution in [0.2, 0.25) is 0 Å². The van der Waals surface area contributed by atoms with Gasteiger partial charge in [0.05, 0.1) is 18.2 Å². The Labute approximate surface area is 78.0 Å². The summed E-state index contributed by atoms with van der Waals surface area (Å²) in [6, 6.07) is 0. The molecule has 12 heavy (non-hydrogen) atoms. The van der Waals surface area contributed by atoms with Crippen molar-refractivity contribution in [3.63, 3.8) is 0 Å². The Balaban J connectivity index is 3.54. The first-order valence-electron chi connectivity index (χ1n) is 3.93. The van der Waals surface area contributed by atoms with Gasteiger partial charge in [-0.2, -0.15) is 0 Å². The third-order valence-corrected chi connectivity index (χ3v) is 1.71. The molecule has 0 aromatic carbocycles. The number of aliphatic hydroxyl groups excluding tert-OH is 2. The average molecular weight is 192 g/mol. The largest absolute Gasteiger partial charge is 0.395 e. The highest BCUT2D eigenvalue weighted by Gasteiger charge is 2.02. The van der Waals surface area contributed by atoms with E-state index in [1.54, 1.807) is 0 Å². The number of thiocarbonyl (C=S) groups is 1. The highest BCUT2D eigenvalue weighted by Crippen LogP contribution is 1.90. The molecule has 0 aromatic rings. The minimum Gasteiger partial charge on any atom is -0.395 e. The van der Waals surface area contributed by atoms with E-state index in [0.717, 1.165) is 0 Å². The van der Waals surface area contributed by atoms with Gasteiger partial charge in [0.1, 0.15) is 0 Å². The van der Waals surface area contributed by atoms with Gasteiger partial charge >= 0.3 is 0 Å². The van der Waals surface area contributed by atoms with Crippen molar-refractivity contribution in [3.8, 4) is 0 Å². The zero-order chi connectivity index (χ0) is 9.40. The van der Waals surface area contributed by atoms with E-state index >= 15 is 0 Å². The summed E-state index contributed by atoms with van der Waals surface area (Å²) in [5.74, 6) is 0. The molecule has 0 fully saturated rings. The molecule has 0 rings (SSSR count). The molecule has 0 atom stereocenters. The summed E-state index contributed by atoms with van der Waals surface area (Å²) in [7, 11) is 0. The van der Waals surface area contributed by atoms with Gasteiger partial charge in [0.15, 0.2) is 0 Å². The van der Waals surface area contributed by atoms with Crippen molar-refractivity contribution in [2.75, 3.05) is 32.8 Å². The Morgan fingerprint density at radius 1 is 1.17 bits per heavy atom. The SMILES string of the molecule is NC(=S)CCN(CCO)CCO. The Kier molecular flexibility index (Phi) is 7.28. The summed E-state index contributed by atoms with van der Waals surface area (Å²) < 4.78 is 0. The molecular formula is C7H16N2O2S. The lowest BCUT2D eigenvalue weighted by molar-refractivity contribution is 0.164. The smallest absolute Gasteiger partial charge is 0.0740 e. The van der Waals surface area contributed by atoms with Crippen LogP contribution in [0.4, 0.5) is 0 Å². The van der Waals surface area contributed by atoms with Crippen LogP contribution in [0.25, 0.3) is 0 Å². The molecular weight excluding hydrogens is 176 g/mol. The van der Waals surface area contributed by atoms with Crippen LogP contribution in [-0.4, -0.2) is 52.9 Å². The third-order valence-electron chi connectivity index (χ3n) is 1.51. The molecule has 0 amide bonds. The number of nitrogens with two attached hydrogens (primary N) is 1. The second-order valence-electron chi connectivity index (χ2n) is 2.51. The molecule has 5 heteroatoms. The van der Waals surface area contributed by atoms with Crippen LogP contribution in [0.15, 0.2) is 0 Å². The lowest BCUT2D eigenvalue weighted by Crippen LogP contribution is -2.32. The van der Waals surface area contributed by atoms with Crippen LogP contribution in [-0.2, 0) is 0 Å². The second-order valence-corrected chi connectivity index (χ2v) is 3.03. The summed E-state index contributed by atoms with van der Waals surface area (Å²) in [6.07, 6.45) is 0.634. The van der Waals surface area contributed by atoms with Gasteiger partial charge in [-0.05, 0) is 0 Å². The Morgan fingerprint density at radius 3 is 2.00 bits per heavy atom. The predicted molar refractivity (Wildman–Crippen MR) is 52.0 cm³/mol. The molecule has 0 aromatic heterocycles. The second kappa shape index (κ2) is 7.42. The van der Waals surface area contributed by atoms with Crippen molar-refractivity contribution in [2.45, 2.75) is 6.42 Å².